The monoisotopic (exact) mass is 265 g/mol. The molecule has 0 spiro atoms. The van der Waals surface area contributed by atoms with Gasteiger partial charge in [0.05, 0.1) is 4.90 Å². The Kier molecular flexibility index (Phi) is 4.29. The second kappa shape index (κ2) is 5.12. The summed E-state index contributed by atoms with van der Waals surface area (Å²) >= 11 is 5.48. The van der Waals surface area contributed by atoms with Crippen molar-refractivity contribution >= 4 is 21.6 Å². The van der Waals surface area contributed by atoms with Gasteiger partial charge in [-0.05, 0) is 30.7 Å². The van der Waals surface area contributed by atoms with Crippen molar-refractivity contribution in [3.8, 4) is 0 Å². The van der Waals surface area contributed by atoms with Crippen LogP contribution in [0, 0.1) is 12.7 Å². The predicted molar refractivity (Wildman–Crippen MR) is 61.7 cm³/mol. The lowest BCUT2D eigenvalue weighted by molar-refractivity contribution is 0.487. The Morgan fingerprint density at radius 3 is 2.56 bits per heavy atom. The van der Waals surface area contributed by atoms with E-state index in [0.29, 0.717) is 5.56 Å². The minimum absolute atomic E-state index is 0.0824. The van der Waals surface area contributed by atoms with Gasteiger partial charge in [0.15, 0.2) is 0 Å². The highest BCUT2D eigenvalue weighted by Crippen LogP contribution is 2.17. The summed E-state index contributed by atoms with van der Waals surface area (Å²) in [4.78, 5) is 0.0824. The topological polar surface area (TPSA) is 37.4 Å². The number of aryl methyl sites for hydroxylation is 1. The van der Waals surface area contributed by atoms with Crippen LogP contribution in [0.5, 0.6) is 0 Å². The number of rotatable bonds is 4. The molecule has 0 aliphatic carbocycles. The van der Waals surface area contributed by atoms with Crippen LogP contribution in [0.15, 0.2) is 23.1 Å². The summed E-state index contributed by atoms with van der Waals surface area (Å²) in [7, 11) is -2.12. The Labute approximate surface area is 99.9 Å². The second-order valence-electron chi connectivity index (χ2n) is 3.43. The molecule has 0 aliphatic heterocycles. The summed E-state index contributed by atoms with van der Waals surface area (Å²) in [5.41, 5.74) is 0.306. The average molecular weight is 266 g/mol. The van der Waals surface area contributed by atoms with Gasteiger partial charge in [0.25, 0.3) is 0 Å². The first-order valence-electron chi connectivity index (χ1n) is 4.68. The number of hydrogen-bond acceptors (Lipinski definition) is 2. The molecule has 0 bridgehead atoms. The van der Waals surface area contributed by atoms with E-state index in [4.69, 9.17) is 11.6 Å². The molecule has 1 aromatic rings. The zero-order valence-electron chi connectivity index (χ0n) is 9.07. The fourth-order valence-corrected chi connectivity index (χ4v) is 2.81. The zero-order chi connectivity index (χ0) is 12.3. The van der Waals surface area contributed by atoms with Crippen LogP contribution in [0.1, 0.15) is 5.56 Å². The van der Waals surface area contributed by atoms with Crippen molar-refractivity contribution in [3.63, 3.8) is 0 Å². The Morgan fingerprint density at radius 2 is 2.06 bits per heavy atom. The minimum Gasteiger partial charge on any atom is -0.207 e. The molecule has 90 valence electrons. The molecule has 0 N–H and O–H groups in total. The van der Waals surface area contributed by atoms with Crippen molar-refractivity contribution in [2.75, 3.05) is 19.5 Å². The second-order valence-corrected chi connectivity index (χ2v) is 5.85. The highest BCUT2D eigenvalue weighted by molar-refractivity contribution is 7.89. The Balaban J connectivity index is 3.12. The molecule has 0 saturated heterocycles. The SMILES string of the molecule is Cc1cc(S(=O)(=O)N(C)CCCl)ccc1F. The first-order valence-corrected chi connectivity index (χ1v) is 6.65. The van der Waals surface area contributed by atoms with Crippen molar-refractivity contribution < 1.29 is 12.8 Å². The number of sulfonamides is 1. The number of nitrogens with zero attached hydrogens (tertiary/aromatic N) is 1. The first kappa shape index (κ1) is 13.4. The first-order chi connectivity index (χ1) is 7.39. The van der Waals surface area contributed by atoms with E-state index in [1.807, 2.05) is 0 Å². The molecule has 0 amide bonds. The van der Waals surface area contributed by atoms with Crippen LogP contribution in [0.2, 0.25) is 0 Å². The lowest BCUT2D eigenvalue weighted by atomic mass is 10.2. The molecular formula is C10H13ClFNO2S. The van der Waals surface area contributed by atoms with Crippen LogP contribution in [0.4, 0.5) is 4.39 Å². The van der Waals surface area contributed by atoms with E-state index < -0.39 is 15.8 Å². The predicted octanol–water partition coefficient (Wildman–Crippen LogP) is 1.99. The van der Waals surface area contributed by atoms with Crippen LogP contribution in [-0.4, -0.2) is 32.2 Å². The molecule has 0 aromatic heterocycles. The maximum absolute atomic E-state index is 13.0. The maximum atomic E-state index is 13.0. The molecule has 1 aromatic carbocycles. The van der Waals surface area contributed by atoms with E-state index >= 15 is 0 Å². The van der Waals surface area contributed by atoms with Gasteiger partial charge < -0.3 is 0 Å². The Hall–Kier alpha value is -0.650. The maximum Gasteiger partial charge on any atom is 0.242 e. The van der Waals surface area contributed by atoms with E-state index in [1.165, 1.54) is 26.1 Å². The number of hydrogen-bond donors (Lipinski definition) is 0. The van der Waals surface area contributed by atoms with Gasteiger partial charge in [-0.2, -0.15) is 4.31 Å². The fourth-order valence-electron chi connectivity index (χ4n) is 1.20. The smallest absolute Gasteiger partial charge is 0.207 e. The van der Waals surface area contributed by atoms with Crippen molar-refractivity contribution in [1.29, 1.82) is 0 Å². The lowest BCUT2D eigenvalue weighted by Gasteiger charge is -2.16. The van der Waals surface area contributed by atoms with Gasteiger partial charge >= 0.3 is 0 Å². The number of benzene rings is 1. The molecule has 0 aliphatic rings. The normalized spacial score (nSPS) is 12.1. The van der Waals surface area contributed by atoms with Gasteiger partial charge in [0, 0.05) is 19.5 Å². The molecule has 0 unspecified atom stereocenters. The van der Waals surface area contributed by atoms with E-state index in [2.05, 4.69) is 0 Å². The molecule has 0 fully saturated rings. The van der Waals surface area contributed by atoms with Crippen LogP contribution >= 0.6 is 11.6 Å². The molecule has 1 rings (SSSR count). The van der Waals surface area contributed by atoms with Crippen LogP contribution < -0.4 is 0 Å². The van der Waals surface area contributed by atoms with Gasteiger partial charge in [-0.1, -0.05) is 0 Å². The van der Waals surface area contributed by atoms with Crippen molar-refractivity contribution in [3.05, 3.63) is 29.6 Å². The van der Waals surface area contributed by atoms with Gasteiger partial charge in [0.2, 0.25) is 10.0 Å². The standard InChI is InChI=1S/C10H13ClFNO2S/c1-8-7-9(3-4-10(8)12)16(14,15)13(2)6-5-11/h3-4,7H,5-6H2,1-2H3. The lowest BCUT2D eigenvalue weighted by Crippen LogP contribution is -2.28. The van der Waals surface area contributed by atoms with Crippen molar-refractivity contribution in [1.82, 2.24) is 4.31 Å². The van der Waals surface area contributed by atoms with Gasteiger partial charge in [0.1, 0.15) is 5.82 Å². The number of halogens is 2. The van der Waals surface area contributed by atoms with E-state index in [0.717, 1.165) is 10.4 Å². The third-order valence-corrected chi connectivity index (χ3v) is 4.26. The fraction of sp³-hybridized carbons (Fsp3) is 0.400. The summed E-state index contributed by atoms with van der Waals surface area (Å²) in [6.45, 7) is 1.75. The molecule has 0 heterocycles. The molecule has 6 heteroatoms. The highest BCUT2D eigenvalue weighted by Gasteiger charge is 2.20. The molecule has 16 heavy (non-hydrogen) atoms. The summed E-state index contributed by atoms with van der Waals surface area (Å²) in [5, 5.41) is 0. The average Bonchev–Trinajstić information content (AvgIpc) is 2.22. The van der Waals surface area contributed by atoms with Gasteiger partial charge in [-0.25, -0.2) is 12.8 Å². The Morgan fingerprint density at radius 1 is 1.44 bits per heavy atom. The van der Waals surface area contributed by atoms with Crippen molar-refractivity contribution in [2.24, 2.45) is 0 Å². The molecule has 0 radical (unpaired) electrons. The van der Waals surface area contributed by atoms with Gasteiger partial charge in [-0.3, -0.25) is 0 Å². The molecule has 0 saturated carbocycles. The third-order valence-electron chi connectivity index (χ3n) is 2.24. The summed E-state index contributed by atoms with van der Waals surface area (Å²) in [6, 6.07) is 3.72. The van der Waals surface area contributed by atoms with Gasteiger partial charge in [-0.15, -0.1) is 11.6 Å². The quantitative estimate of drug-likeness (QED) is 0.781. The van der Waals surface area contributed by atoms with Crippen molar-refractivity contribution in [2.45, 2.75) is 11.8 Å². The van der Waals surface area contributed by atoms with E-state index in [-0.39, 0.29) is 17.3 Å². The zero-order valence-corrected chi connectivity index (χ0v) is 10.6. The molecular weight excluding hydrogens is 253 g/mol. The minimum atomic E-state index is -3.56. The largest absolute Gasteiger partial charge is 0.242 e. The molecule has 0 atom stereocenters. The van der Waals surface area contributed by atoms with Crippen LogP contribution in [0.3, 0.4) is 0 Å². The van der Waals surface area contributed by atoms with Crippen LogP contribution in [-0.2, 0) is 10.0 Å². The highest BCUT2D eigenvalue weighted by atomic mass is 35.5. The van der Waals surface area contributed by atoms with Crippen LogP contribution in [0.25, 0.3) is 0 Å². The van der Waals surface area contributed by atoms with E-state index in [9.17, 15) is 12.8 Å². The summed E-state index contributed by atoms with van der Waals surface area (Å²) in [5.74, 6) is -0.199. The summed E-state index contributed by atoms with van der Waals surface area (Å²) in [6.07, 6.45) is 0. The molecule has 3 nitrogen and oxygen atoms in total. The third kappa shape index (κ3) is 2.72. The Bertz CT molecular complexity index is 476. The summed E-state index contributed by atoms with van der Waals surface area (Å²) < 4.78 is 38.0. The number of alkyl halides is 1. The van der Waals surface area contributed by atoms with E-state index in [1.54, 1.807) is 0 Å².